The second-order valence-electron chi connectivity index (χ2n) is 2.72. The molecule has 84 valence electrons. The van der Waals surface area contributed by atoms with Crippen LogP contribution in [0.5, 0.6) is 0 Å². The Labute approximate surface area is 81.2 Å². The number of allylic oxidation sites excluding steroid dienone is 1. The number of rotatable bonds is 5. The molecule has 0 aliphatic rings. The molecule has 0 heterocycles. The molecule has 0 fully saturated rings. The Bertz CT molecular complexity index is 290. The lowest BCUT2D eigenvalue weighted by molar-refractivity contribution is 0.216. The first-order valence-electron chi connectivity index (χ1n) is 3.57. The van der Waals surface area contributed by atoms with E-state index in [1.54, 1.807) is 13.8 Å². The van der Waals surface area contributed by atoms with Crippen molar-refractivity contribution in [3.63, 3.8) is 0 Å². The van der Waals surface area contributed by atoms with Crippen molar-refractivity contribution in [2.45, 2.75) is 13.8 Å². The fourth-order valence-corrected chi connectivity index (χ4v) is 1.88. The molecule has 0 aromatic rings. The van der Waals surface area contributed by atoms with Crippen LogP contribution in [0, 0.1) is 5.92 Å². The minimum Gasteiger partial charge on any atom is -0.412 e. The monoisotopic (exact) mass is 246 g/mol. The molecule has 0 spiro atoms. The van der Waals surface area contributed by atoms with Crippen LogP contribution in [0.2, 0.25) is 0 Å². The maximum Gasteiger partial charge on any atom is 0.535 e. The van der Waals surface area contributed by atoms with Crippen LogP contribution in [-0.2, 0) is 18.0 Å². The number of hydrogen-bond acceptors (Lipinski definition) is 4. The van der Waals surface area contributed by atoms with Crippen molar-refractivity contribution >= 4 is 15.6 Å². The zero-order valence-corrected chi connectivity index (χ0v) is 9.39. The molecule has 9 heteroatoms. The summed E-state index contributed by atoms with van der Waals surface area (Å²) in [5.74, 6) is 0.0741. The molecule has 14 heavy (non-hydrogen) atoms. The molecule has 0 aliphatic carbocycles. The van der Waals surface area contributed by atoms with Gasteiger partial charge in [0.2, 0.25) is 0 Å². The Balaban J connectivity index is 4.23. The van der Waals surface area contributed by atoms with E-state index < -0.39 is 15.6 Å². The Kier molecular flexibility index (Phi) is 5.01. The van der Waals surface area contributed by atoms with Gasteiger partial charge in [-0.1, -0.05) is 13.8 Å². The molecule has 0 amide bonds. The van der Waals surface area contributed by atoms with E-state index in [9.17, 15) is 9.13 Å². The molecule has 0 aliphatic heterocycles. The lowest BCUT2D eigenvalue weighted by Crippen LogP contribution is -1.89. The first kappa shape index (κ1) is 13.8. The van der Waals surface area contributed by atoms with Crippen LogP contribution in [-0.4, -0.2) is 14.7 Å². The van der Waals surface area contributed by atoms with E-state index >= 15 is 0 Å². The van der Waals surface area contributed by atoms with Crippen LogP contribution in [0.25, 0.3) is 0 Å². The molecule has 7 nitrogen and oxygen atoms in total. The van der Waals surface area contributed by atoms with Crippen LogP contribution in [0.15, 0.2) is 12.3 Å². The summed E-state index contributed by atoms with van der Waals surface area (Å²) in [4.78, 5) is 25.2. The third-order valence-corrected chi connectivity index (χ3v) is 2.93. The Morgan fingerprint density at radius 2 is 1.71 bits per heavy atom. The topological polar surface area (TPSA) is 113 Å². The summed E-state index contributed by atoms with van der Waals surface area (Å²) in [5.41, 5.74) is 0. The van der Waals surface area contributed by atoms with Gasteiger partial charge in [-0.05, 0) is 12.0 Å². The Morgan fingerprint density at radius 1 is 1.21 bits per heavy atom. The Hall–Kier alpha value is -0.160. The van der Waals surface area contributed by atoms with E-state index in [0.29, 0.717) is 0 Å². The second-order valence-corrected chi connectivity index (χ2v) is 5.50. The van der Waals surface area contributed by atoms with Gasteiger partial charge in [0.05, 0.1) is 6.26 Å². The van der Waals surface area contributed by atoms with Gasteiger partial charge in [-0.2, -0.15) is 4.31 Å². The highest BCUT2D eigenvalue weighted by atomic mass is 31.3. The fraction of sp³-hybridized carbons (Fsp3) is 0.600. The Morgan fingerprint density at radius 3 is 2.07 bits per heavy atom. The predicted octanol–water partition coefficient (Wildman–Crippen LogP) is 1.38. The van der Waals surface area contributed by atoms with E-state index in [-0.39, 0.29) is 5.92 Å². The third kappa shape index (κ3) is 8.44. The third-order valence-electron chi connectivity index (χ3n) is 0.867. The van der Waals surface area contributed by atoms with Crippen molar-refractivity contribution < 1.29 is 32.6 Å². The molecule has 0 bridgehead atoms. The summed E-state index contributed by atoms with van der Waals surface area (Å²) in [6.45, 7) is 3.57. The molecular weight excluding hydrogens is 234 g/mol. The van der Waals surface area contributed by atoms with Gasteiger partial charge in [0, 0.05) is 0 Å². The van der Waals surface area contributed by atoms with Crippen molar-refractivity contribution in [1.82, 2.24) is 0 Å². The average Bonchev–Trinajstić information content (AvgIpc) is 1.78. The summed E-state index contributed by atoms with van der Waals surface area (Å²) < 4.78 is 28.6. The molecule has 3 N–H and O–H groups in total. The maximum absolute atomic E-state index is 10.8. The first-order valence-corrected chi connectivity index (χ1v) is 6.60. The molecule has 1 atom stereocenters. The normalized spacial score (nSPS) is 17.3. The van der Waals surface area contributed by atoms with E-state index in [0.717, 1.165) is 6.26 Å². The van der Waals surface area contributed by atoms with Gasteiger partial charge in [-0.15, -0.1) is 0 Å². The van der Waals surface area contributed by atoms with Crippen molar-refractivity contribution in [2.24, 2.45) is 5.92 Å². The highest BCUT2D eigenvalue weighted by molar-refractivity contribution is 7.60. The molecule has 0 aromatic carbocycles. The summed E-state index contributed by atoms with van der Waals surface area (Å²) in [7, 11) is -9.74. The molecular formula is C5H12O7P2. The zero-order valence-electron chi connectivity index (χ0n) is 7.60. The summed E-state index contributed by atoms with van der Waals surface area (Å²) in [5, 5.41) is 0. The minimum absolute atomic E-state index is 0.0741. The zero-order chi connectivity index (χ0) is 11.4. The van der Waals surface area contributed by atoms with Gasteiger partial charge >= 0.3 is 15.6 Å². The quantitative estimate of drug-likeness (QED) is 0.496. The van der Waals surface area contributed by atoms with Crippen molar-refractivity contribution in [1.29, 1.82) is 0 Å². The van der Waals surface area contributed by atoms with Crippen LogP contribution in [0.1, 0.15) is 13.8 Å². The lowest BCUT2D eigenvalue weighted by Gasteiger charge is -2.10. The number of hydrogen-bond donors (Lipinski definition) is 3. The largest absolute Gasteiger partial charge is 0.535 e. The maximum atomic E-state index is 10.8. The molecule has 1 unspecified atom stereocenters. The van der Waals surface area contributed by atoms with Crippen molar-refractivity contribution in [2.75, 3.05) is 0 Å². The van der Waals surface area contributed by atoms with Crippen LogP contribution < -0.4 is 0 Å². The van der Waals surface area contributed by atoms with Gasteiger partial charge in [0.1, 0.15) is 0 Å². The lowest BCUT2D eigenvalue weighted by atomic mass is 10.2. The molecule has 0 rings (SSSR count). The average molecular weight is 246 g/mol. The smallest absolute Gasteiger partial charge is 0.412 e. The highest BCUT2D eigenvalue weighted by Gasteiger charge is 2.32. The predicted molar refractivity (Wildman–Crippen MR) is 48.0 cm³/mol. The van der Waals surface area contributed by atoms with Gasteiger partial charge in [0.15, 0.2) is 0 Å². The summed E-state index contributed by atoms with van der Waals surface area (Å²) in [6, 6.07) is 0. The summed E-state index contributed by atoms with van der Waals surface area (Å²) >= 11 is 0. The fourth-order valence-electron chi connectivity index (χ4n) is 0.423. The van der Waals surface area contributed by atoms with Gasteiger partial charge in [-0.3, -0.25) is 4.89 Å². The van der Waals surface area contributed by atoms with Gasteiger partial charge in [0.25, 0.3) is 0 Å². The molecule has 0 radical (unpaired) electrons. The summed E-state index contributed by atoms with van der Waals surface area (Å²) in [6.07, 6.45) is 2.28. The second kappa shape index (κ2) is 5.07. The van der Waals surface area contributed by atoms with E-state index in [1.165, 1.54) is 6.08 Å². The highest BCUT2D eigenvalue weighted by Crippen LogP contribution is 2.57. The number of phosphoric acid groups is 2. The van der Waals surface area contributed by atoms with E-state index in [1.807, 2.05) is 0 Å². The SMILES string of the molecule is CC(C)C=COP(=O)(O)OP(=O)(O)O. The van der Waals surface area contributed by atoms with Crippen molar-refractivity contribution in [3.8, 4) is 0 Å². The minimum atomic E-state index is -5.02. The number of phosphoric ester groups is 1. The van der Waals surface area contributed by atoms with Gasteiger partial charge in [-0.25, -0.2) is 9.13 Å². The molecule has 0 saturated carbocycles. The van der Waals surface area contributed by atoms with Crippen molar-refractivity contribution in [3.05, 3.63) is 12.3 Å². The van der Waals surface area contributed by atoms with E-state index in [2.05, 4.69) is 8.83 Å². The molecule has 0 saturated heterocycles. The first-order chi connectivity index (χ1) is 6.12. The van der Waals surface area contributed by atoms with Gasteiger partial charge < -0.3 is 14.3 Å². The van der Waals surface area contributed by atoms with Crippen LogP contribution in [0.4, 0.5) is 0 Å². The molecule has 0 aromatic heterocycles. The van der Waals surface area contributed by atoms with Crippen LogP contribution >= 0.6 is 15.6 Å². The van der Waals surface area contributed by atoms with Crippen LogP contribution in [0.3, 0.4) is 0 Å². The van der Waals surface area contributed by atoms with E-state index in [4.69, 9.17) is 14.7 Å². The standard InChI is InChI=1S/C5H12O7P2/c1-5(2)3-4-11-14(9,10)12-13(6,7)8/h3-5H,1-2H3,(H,9,10)(H2,6,7,8).